The number of unbranched alkanes of at least 4 members (excludes halogenated alkanes) is 6. The van der Waals surface area contributed by atoms with Gasteiger partial charge in [-0.15, -0.1) is 0 Å². The summed E-state index contributed by atoms with van der Waals surface area (Å²) in [6.45, 7) is 6.80. The summed E-state index contributed by atoms with van der Waals surface area (Å²) in [5.41, 5.74) is 1.83. The molecule has 14 nitrogen and oxygen atoms in total. The minimum Gasteiger partial charge on any atom is -0.465 e. The lowest BCUT2D eigenvalue weighted by molar-refractivity contribution is -0.144. The fourth-order valence-electron chi connectivity index (χ4n) is 9.08. The highest BCUT2D eigenvalue weighted by molar-refractivity contribution is 6.05. The molecule has 0 saturated heterocycles. The average molecular weight is 977 g/mol. The predicted molar refractivity (Wildman–Crippen MR) is 267 cm³/mol. The molecule has 1 fully saturated rings. The van der Waals surface area contributed by atoms with E-state index in [0.29, 0.717) is 28.2 Å². The molecule has 4 heterocycles. The van der Waals surface area contributed by atoms with Gasteiger partial charge < -0.3 is 30.4 Å². The SMILES string of the molecule is CCOC(=O)Cn1cc(NC(=O)c2cccc(-c3cncc(CCCCCCCCCNC[C@H]4CC[C@H](n5cc6cc(NC(=O)c7cccc(C(F)(F)F)n7)c(C(C)(C)O)cc6n5)CC4)c3)c2)ccc1=O. The van der Waals surface area contributed by atoms with Crippen LogP contribution >= 0.6 is 0 Å². The van der Waals surface area contributed by atoms with E-state index >= 15 is 0 Å². The number of ether oxygens (including phenoxy) is 1. The van der Waals surface area contributed by atoms with Crippen LogP contribution in [0.2, 0.25) is 0 Å². The number of nitrogens with one attached hydrogen (secondary N) is 3. The van der Waals surface area contributed by atoms with Gasteiger partial charge in [0.05, 0.1) is 29.5 Å². The van der Waals surface area contributed by atoms with E-state index in [0.717, 1.165) is 98.7 Å². The maximum atomic E-state index is 13.3. The number of aliphatic hydroxyl groups is 1. The monoisotopic (exact) mass is 976 g/mol. The van der Waals surface area contributed by atoms with Crippen molar-refractivity contribution in [3.63, 3.8) is 0 Å². The largest absolute Gasteiger partial charge is 0.465 e. The minimum atomic E-state index is -4.69. The number of halogens is 3. The molecule has 0 spiro atoms. The minimum absolute atomic E-state index is 0.208. The highest BCUT2D eigenvalue weighted by atomic mass is 19.4. The number of rotatable bonds is 22. The lowest BCUT2D eigenvalue weighted by Crippen LogP contribution is -2.28. The lowest BCUT2D eigenvalue weighted by atomic mass is 9.86. The number of amides is 2. The molecule has 4 N–H and O–H groups in total. The van der Waals surface area contributed by atoms with Crippen LogP contribution in [0.1, 0.15) is 135 Å². The Bertz CT molecular complexity index is 2850. The zero-order valence-electron chi connectivity index (χ0n) is 40.6. The summed E-state index contributed by atoms with van der Waals surface area (Å²) in [5, 5.41) is 25.7. The summed E-state index contributed by atoms with van der Waals surface area (Å²) in [6.07, 6.45) is 15.6. The van der Waals surface area contributed by atoms with Crippen molar-refractivity contribution >= 4 is 40.1 Å². The molecular formula is C54H63F3N8O6. The number of hydrogen-bond acceptors (Lipinski definition) is 10. The molecule has 1 aliphatic rings. The first-order valence-electron chi connectivity index (χ1n) is 24.6. The van der Waals surface area contributed by atoms with E-state index < -0.39 is 29.3 Å². The van der Waals surface area contributed by atoms with E-state index in [1.807, 2.05) is 35.3 Å². The number of alkyl halides is 3. The van der Waals surface area contributed by atoms with E-state index in [1.54, 1.807) is 45.2 Å². The number of fused-ring (bicyclic) bond motifs is 1. The van der Waals surface area contributed by atoms with Gasteiger partial charge in [0.2, 0.25) is 0 Å². The smallest absolute Gasteiger partial charge is 0.433 e. The Morgan fingerprint density at radius 2 is 1.56 bits per heavy atom. The van der Waals surface area contributed by atoms with E-state index in [-0.39, 0.29) is 42.0 Å². The zero-order valence-corrected chi connectivity index (χ0v) is 40.6. The van der Waals surface area contributed by atoms with Crippen molar-refractivity contribution < 1.29 is 37.4 Å². The first-order valence-corrected chi connectivity index (χ1v) is 24.6. The number of carbonyl (C=O) groups excluding carboxylic acids is 3. The van der Waals surface area contributed by atoms with Crippen molar-refractivity contribution in [1.82, 2.24) is 29.6 Å². The number of carbonyl (C=O) groups is 3. The summed E-state index contributed by atoms with van der Waals surface area (Å²) in [6, 6.07) is 19.1. The number of aromatic nitrogens is 5. The van der Waals surface area contributed by atoms with Crippen LogP contribution in [0.5, 0.6) is 0 Å². The van der Waals surface area contributed by atoms with Crippen LogP contribution < -0.4 is 21.5 Å². The van der Waals surface area contributed by atoms with E-state index in [1.165, 1.54) is 54.6 Å². The van der Waals surface area contributed by atoms with Crippen LogP contribution in [0.4, 0.5) is 24.5 Å². The Morgan fingerprint density at radius 1 is 0.817 bits per heavy atom. The molecule has 0 bridgehead atoms. The first-order chi connectivity index (χ1) is 34.0. The highest BCUT2D eigenvalue weighted by Crippen LogP contribution is 2.36. The summed E-state index contributed by atoms with van der Waals surface area (Å²) in [7, 11) is 0. The highest BCUT2D eigenvalue weighted by Gasteiger charge is 2.33. The Hall–Kier alpha value is -6.72. The second-order valence-electron chi connectivity index (χ2n) is 18.9. The Labute approximate surface area is 411 Å². The number of pyridine rings is 3. The topological polar surface area (TPSA) is 182 Å². The fraction of sp³-hybridized carbons (Fsp3) is 0.426. The Balaban J connectivity index is 0.773. The Morgan fingerprint density at radius 3 is 2.31 bits per heavy atom. The second kappa shape index (κ2) is 23.9. The predicted octanol–water partition coefficient (Wildman–Crippen LogP) is 10.3. The molecule has 17 heteroatoms. The van der Waals surface area contributed by atoms with Gasteiger partial charge in [-0.05, 0) is 144 Å². The molecule has 0 unspecified atom stereocenters. The lowest BCUT2D eigenvalue weighted by Gasteiger charge is -2.28. The van der Waals surface area contributed by atoms with E-state index in [2.05, 4.69) is 32.0 Å². The third-order valence-corrected chi connectivity index (χ3v) is 12.9. The maximum absolute atomic E-state index is 13.3. The maximum Gasteiger partial charge on any atom is 0.433 e. The summed E-state index contributed by atoms with van der Waals surface area (Å²) < 4.78 is 47.9. The molecule has 1 aliphatic carbocycles. The van der Waals surface area contributed by atoms with Gasteiger partial charge in [-0.25, -0.2) is 4.98 Å². The number of hydrogen-bond donors (Lipinski definition) is 4. The third-order valence-electron chi connectivity index (χ3n) is 12.9. The molecule has 4 aromatic heterocycles. The number of anilines is 2. The number of benzene rings is 2. The fourth-order valence-corrected chi connectivity index (χ4v) is 9.08. The molecule has 0 aliphatic heterocycles. The number of aryl methyl sites for hydroxylation is 1. The van der Waals surface area contributed by atoms with Crippen molar-refractivity contribution in [3.8, 4) is 11.1 Å². The number of nitrogens with zero attached hydrogens (tertiary/aromatic N) is 5. The average Bonchev–Trinajstić information content (AvgIpc) is 3.77. The van der Waals surface area contributed by atoms with Gasteiger partial charge >= 0.3 is 12.1 Å². The van der Waals surface area contributed by atoms with E-state index in [9.17, 15) is 37.5 Å². The molecule has 0 atom stereocenters. The van der Waals surface area contributed by atoms with Crippen molar-refractivity contribution in [1.29, 1.82) is 0 Å². The molecule has 71 heavy (non-hydrogen) atoms. The van der Waals surface area contributed by atoms with E-state index in [4.69, 9.17) is 9.84 Å². The first kappa shape index (κ1) is 52.1. The molecule has 2 aromatic carbocycles. The molecule has 376 valence electrons. The van der Waals surface area contributed by atoms with Gasteiger partial charge in [0.1, 0.15) is 17.9 Å². The van der Waals surface area contributed by atoms with Crippen LogP contribution in [0.15, 0.2) is 102 Å². The molecule has 2 amide bonds. The third kappa shape index (κ3) is 14.7. The van der Waals surface area contributed by atoms with Gasteiger partial charge in [0, 0.05) is 58.6 Å². The quantitative estimate of drug-likeness (QED) is 0.0377. The van der Waals surface area contributed by atoms with Gasteiger partial charge in [-0.3, -0.25) is 28.8 Å². The van der Waals surface area contributed by atoms with Crippen LogP contribution in [0, 0.1) is 5.92 Å². The molecule has 1 saturated carbocycles. The molecule has 6 aromatic rings. The van der Waals surface area contributed by atoms with Crippen molar-refractivity contribution in [2.24, 2.45) is 5.92 Å². The Kier molecular flexibility index (Phi) is 17.6. The van der Waals surface area contributed by atoms with Crippen LogP contribution in [-0.2, 0) is 34.3 Å². The summed E-state index contributed by atoms with van der Waals surface area (Å²) in [5.74, 6) is -1.10. The van der Waals surface area contributed by atoms with Crippen molar-refractivity contribution in [3.05, 3.63) is 136 Å². The van der Waals surface area contributed by atoms with Crippen molar-refractivity contribution in [2.45, 2.75) is 122 Å². The van der Waals surface area contributed by atoms with Gasteiger partial charge in [0.25, 0.3) is 17.4 Å². The zero-order chi connectivity index (χ0) is 50.5. The normalized spacial score (nSPS) is 15.1. The van der Waals surface area contributed by atoms with Crippen LogP contribution in [0.25, 0.3) is 22.0 Å². The van der Waals surface area contributed by atoms with Crippen LogP contribution in [-0.4, -0.2) is 66.9 Å². The molecular weight excluding hydrogens is 914 g/mol. The van der Waals surface area contributed by atoms with Gasteiger partial charge in [-0.1, -0.05) is 50.3 Å². The summed E-state index contributed by atoms with van der Waals surface area (Å²) in [4.78, 5) is 58.4. The molecule has 7 rings (SSSR count). The summed E-state index contributed by atoms with van der Waals surface area (Å²) >= 11 is 0. The van der Waals surface area contributed by atoms with Gasteiger partial charge in [-0.2, -0.15) is 18.3 Å². The standard InChI is InChI=1S/C54H63F3N8O6/c1-4-71-50(67)35-64-34-42(21-24-49(64)66)60-51(68)39-16-12-15-38(27-39)40-26-37(31-59-32-40)14-10-8-6-5-7-9-11-25-58-30-36-19-22-43(23-20-36)65-33-41-28-47(44(53(2,3)70)29-46(41)63-65)62-52(69)45-17-13-18-48(61-45)54(55,56)57/h12-13,15-18,21,24,26-29,31-34,36,43,58,70H,4-11,14,19-20,22-23,25,30,35H2,1-3H3,(H,60,68)(H,62,69)/t36-,43-. The number of esters is 1. The molecule has 0 radical (unpaired) electrons. The van der Waals surface area contributed by atoms with Crippen LogP contribution in [0.3, 0.4) is 0 Å². The van der Waals surface area contributed by atoms with Gasteiger partial charge in [0.15, 0.2) is 0 Å². The second-order valence-corrected chi connectivity index (χ2v) is 18.9. The van der Waals surface area contributed by atoms with Crippen molar-refractivity contribution in [2.75, 3.05) is 30.3 Å².